The lowest BCUT2D eigenvalue weighted by molar-refractivity contribution is 0.0920. The number of halogens is 2. The summed E-state index contributed by atoms with van der Waals surface area (Å²) in [7, 11) is 0. The summed E-state index contributed by atoms with van der Waals surface area (Å²) in [4.78, 5) is 12.3. The average molecular weight is 464 g/mol. The molecule has 0 aliphatic carbocycles. The van der Waals surface area contributed by atoms with Crippen LogP contribution in [0.2, 0.25) is 10.2 Å². The summed E-state index contributed by atoms with van der Waals surface area (Å²) in [6.07, 6.45) is 0.658. The fraction of sp³-hybridized carbons (Fsp3) is 0.391. The summed E-state index contributed by atoms with van der Waals surface area (Å²) in [5.41, 5.74) is 2.96. The van der Waals surface area contributed by atoms with Crippen LogP contribution >= 0.6 is 23.2 Å². The van der Waals surface area contributed by atoms with Gasteiger partial charge in [-0.15, -0.1) is 0 Å². The van der Waals surface area contributed by atoms with Crippen molar-refractivity contribution in [3.05, 3.63) is 68.8 Å². The molecular weight excluding hydrogens is 437 g/mol. The lowest BCUT2D eigenvalue weighted by Gasteiger charge is -2.14. The molecule has 6 nitrogen and oxygen atoms in total. The van der Waals surface area contributed by atoms with Gasteiger partial charge < -0.3 is 14.5 Å². The zero-order valence-corrected chi connectivity index (χ0v) is 19.7. The minimum absolute atomic E-state index is 0.253. The molecule has 2 aromatic heterocycles. The Morgan fingerprint density at radius 2 is 2.00 bits per heavy atom. The highest BCUT2D eigenvalue weighted by molar-refractivity contribution is 6.41. The van der Waals surface area contributed by atoms with Crippen molar-refractivity contribution in [2.24, 2.45) is 0 Å². The third-order valence-electron chi connectivity index (χ3n) is 4.87. The van der Waals surface area contributed by atoms with Gasteiger partial charge in [-0.2, -0.15) is 5.10 Å². The van der Waals surface area contributed by atoms with Gasteiger partial charge in [-0.1, -0.05) is 49.2 Å². The van der Waals surface area contributed by atoms with E-state index in [0.29, 0.717) is 47.1 Å². The molecular formula is C23H27Cl2N3O3. The number of rotatable bonds is 9. The van der Waals surface area contributed by atoms with Crippen LogP contribution in [0.3, 0.4) is 0 Å². The van der Waals surface area contributed by atoms with Gasteiger partial charge in [0.15, 0.2) is 5.76 Å². The second kappa shape index (κ2) is 10.2. The van der Waals surface area contributed by atoms with Crippen molar-refractivity contribution in [2.45, 2.75) is 53.2 Å². The minimum atomic E-state index is -0.273. The van der Waals surface area contributed by atoms with E-state index in [4.69, 9.17) is 32.4 Å². The summed E-state index contributed by atoms with van der Waals surface area (Å²) >= 11 is 12.2. The summed E-state index contributed by atoms with van der Waals surface area (Å²) in [5, 5.41) is 7.97. The van der Waals surface area contributed by atoms with Gasteiger partial charge in [-0.25, -0.2) is 0 Å². The molecule has 0 bridgehead atoms. The Bertz CT molecular complexity index is 1060. The first-order chi connectivity index (χ1) is 14.8. The molecule has 166 valence electrons. The molecule has 0 aliphatic heterocycles. The fourth-order valence-corrected chi connectivity index (χ4v) is 3.56. The molecule has 0 saturated carbocycles. The highest BCUT2D eigenvalue weighted by Crippen LogP contribution is 2.28. The van der Waals surface area contributed by atoms with Crippen LogP contribution in [-0.4, -0.2) is 22.2 Å². The maximum atomic E-state index is 12.3. The van der Waals surface area contributed by atoms with Crippen LogP contribution in [0.1, 0.15) is 59.3 Å². The van der Waals surface area contributed by atoms with E-state index >= 15 is 0 Å². The predicted molar refractivity (Wildman–Crippen MR) is 122 cm³/mol. The van der Waals surface area contributed by atoms with E-state index in [9.17, 15) is 4.79 Å². The lowest BCUT2D eigenvalue weighted by Crippen LogP contribution is -2.25. The molecule has 1 N–H and O–H groups in total. The first kappa shape index (κ1) is 23.2. The number of ether oxygens (including phenoxy) is 1. The molecule has 31 heavy (non-hydrogen) atoms. The van der Waals surface area contributed by atoms with E-state index in [2.05, 4.69) is 36.4 Å². The SMILES string of the molecule is Cc1ccc(C(C)C)c(OCc2ccc(C(=O)NCCCn3nc(C)c(Cl)c3Cl)o2)c1. The number of benzene rings is 1. The molecule has 0 spiro atoms. The number of aromatic nitrogens is 2. The van der Waals surface area contributed by atoms with Gasteiger partial charge >= 0.3 is 0 Å². The smallest absolute Gasteiger partial charge is 0.286 e. The Morgan fingerprint density at radius 1 is 1.23 bits per heavy atom. The van der Waals surface area contributed by atoms with Gasteiger partial charge in [0.1, 0.15) is 28.3 Å². The number of amides is 1. The topological polar surface area (TPSA) is 69.3 Å². The fourth-order valence-electron chi connectivity index (χ4n) is 3.17. The average Bonchev–Trinajstić information content (AvgIpc) is 3.30. The molecule has 3 aromatic rings. The van der Waals surface area contributed by atoms with Gasteiger partial charge in [0, 0.05) is 13.1 Å². The van der Waals surface area contributed by atoms with Crippen molar-refractivity contribution < 1.29 is 13.9 Å². The maximum Gasteiger partial charge on any atom is 0.286 e. The van der Waals surface area contributed by atoms with Crippen LogP contribution in [0.25, 0.3) is 0 Å². The summed E-state index contributed by atoms with van der Waals surface area (Å²) in [5.74, 6) is 1.76. The third kappa shape index (κ3) is 5.83. The first-order valence-electron chi connectivity index (χ1n) is 10.2. The van der Waals surface area contributed by atoms with E-state index in [-0.39, 0.29) is 18.3 Å². The molecule has 2 heterocycles. The van der Waals surface area contributed by atoms with Crippen LogP contribution in [-0.2, 0) is 13.2 Å². The third-order valence-corrected chi connectivity index (χ3v) is 5.81. The summed E-state index contributed by atoms with van der Waals surface area (Å²) < 4.78 is 13.3. The van der Waals surface area contributed by atoms with E-state index in [1.807, 2.05) is 13.0 Å². The molecule has 0 atom stereocenters. The minimum Gasteiger partial charge on any atom is -0.485 e. The van der Waals surface area contributed by atoms with Crippen molar-refractivity contribution >= 4 is 29.1 Å². The van der Waals surface area contributed by atoms with E-state index in [1.165, 1.54) is 0 Å². The van der Waals surface area contributed by atoms with Crippen molar-refractivity contribution in [3.63, 3.8) is 0 Å². The maximum absolute atomic E-state index is 12.3. The van der Waals surface area contributed by atoms with Gasteiger partial charge in [0.2, 0.25) is 0 Å². The van der Waals surface area contributed by atoms with Crippen LogP contribution < -0.4 is 10.1 Å². The van der Waals surface area contributed by atoms with Gasteiger partial charge in [0.05, 0.1) is 5.69 Å². The van der Waals surface area contributed by atoms with Crippen LogP contribution in [0.4, 0.5) is 0 Å². The molecule has 1 amide bonds. The first-order valence-corrected chi connectivity index (χ1v) is 11.0. The Morgan fingerprint density at radius 3 is 2.68 bits per heavy atom. The number of furan rings is 1. The van der Waals surface area contributed by atoms with Gasteiger partial charge in [-0.05, 0) is 55.5 Å². The Kier molecular flexibility index (Phi) is 7.68. The van der Waals surface area contributed by atoms with Crippen molar-refractivity contribution in [1.29, 1.82) is 0 Å². The van der Waals surface area contributed by atoms with Crippen molar-refractivity contribution in [1.82, 2.24) is 15.1 Å². The van der Waals surface area contributed by atoms with E-state index in [0.717, 1.165) is 16.9 Å². The van der Waals surface area contributed by atoms with Crippen LogP contribution in [0.15, 0.2) is 34.7 Å². The Labute approximate surface area is 192 Å². The van der Waals surface area contributed by atoms with Gasteiger partial charge in [0.25, 0.3) is 5.91 Å². The molecule has 0 fully saturated rings. The predicted octanol–water partition coefficient (Wildman–Crippen LogP) is 5.92. The van der Waals surface area contributed by atoms with Crippen molar-refractivity contribution in [2.75, 3.05) is 6.54 Å². The zero-order chi connectivity index (χ0) is 22.5. The number of nitrogens with zero attached hydrogens (tertiary/aromatic N) is 2. The van der Waals surface area contributed by atoms with Crippen molar-refractivity contribution in [3.8, 4) is 5.75 Å². The van der Waals surface area contributed by atoms with Crippen LogP contribution in [0.5, 0.6) is 5.75 Å². The quantitative estimate of drug-likeness (QED) is 0.399. The number of carbonyl (C=O) groups is 1. The summed E-state index contributed by atoms with van der Waals surface area (Å²) in [6, 6.07) is 9.59. The Balaban J connectivity index is 1.49. The number of aryl methyl sites for hydroxylation is 3. The molecule has 3 rings (SSSR count). The summed E-state index contributed by atoms with van der Waals surface area (Å²) in [6.45, 7) is 9.35. The standard InChI is InChI=1S/C23H27Cl2N3O3/c1-14(2)18-8-6-15(3)12-20(18)30-13-17-7-9-19(31-17)23(29)26-10-5-11-28-22(25)21(24)16(4)27-28/h6-9,12,14H,5,10-11,13H2,1-4H3,(H,26,29). The normalized spacial score (nSPS) is 11.2. The number of hydrogen-bond acceptors (Lipinski definition) is 4. The molecule has 8 heteroatoms. The second-order valence-corrected chi connectivity index (χ2v) is 8.51. The number of nitrogens with one attached hydrogen (secondary N) is 1. The monoisotopic (exact) mass is 463 g/mol. The lowest BCUT2D eigenvalue weighted by atomic mass is 10.0. The highest BCUT2D eigenvalue weighted by atomic mass is 35.5. The van der Waals surface area contributed by atoms with Gasteiger partial charge in [-0.3, -0.25) is 9.48 Å². The molecule has 0 saturated heterocycles. The second-order valence-electron chi connectivity index (χ2n) is 7.77. The largest absolute Gasteiger partial charge is 0.485 e. The highest BCUT2D eigenvalue weighted by Gasteiger charge is 2.14. The molecule has 0 aliphatic rings. The van der Waals surface area contributed by atoms with E-state index < -0.39 is 0 Å². The number of hydrogen-bond donors (Lipinski definition) is 1. The Hall–Kier alpha value is -2.44. The molecule has 0 radical (unpaired) electrons. The van der Waals surface area contributed by atoms with Crippen LogP contribution in [0, 0.1) is 13.8 Å². The van der Waals surface area contributed by atoms with E-state index in [1.54, 1.807) is 23.7 Å². The zero-order valence-electron chi connectivity index (χ0n) is 18.2. The number of carbonyl (C=O) groups excluding carboxylic acids is 1. The molecule has 1 aromatic carbocycles. The molecule has 0 unspecified atom stereocenters.